The summed E-state index contributed by atoms with van der Waals surface area (Å²) >= 11 is 0. The van der Waals surface area contributed by atoms with Crippen LogP contribution in [0, 0.1) is 0 Å². The molecule has 0 radical (unpaired) electrons. The highest BCUT2D eigenvalue weighted by Crippen LogP contribution is 2.40. The van der Waals surface area contributed by atoms with E-state index in [2.05, 4.69) is 15.6 Å². The Morgan fingerprint density at radius 3 is 1.86 bits per heavy atom. The third-order valence-corrected chi connectivity index (χ3v) is 6.33. The van der Waals surface area contributed by atoms with Gasteiger partial charge in [0.05, 0.1) is 31.2 Å². The molecule has 0 amide bonds. The molecule has 7 nitrogen and oxygen atoms in total. The predicted molar refractivity (Wildman–Crippen MR) is 140 cm³/mol. The van der Waals surface area contributed by atoms with Crippen molar-refractivity contribution in [1.29, 1.82) is 0 Å². The number of benzene rings is 3. The van der Waals surface area contributed by atoms with E-state index < -0.39 is 5.54 Å². The second kappa shape index (κ2) is 9.19. The number of allylic oxidation sites excluding steroid dienone is 1. The molecule has 1 unspecified atom stereocenters. The van der Waals surface area contributed by atoms with Gasteiger partial charge in [-0.15, -0.1) is 0 Å². The summed E-state index contributed by atoms with van der Waals surface area (Å²) in [5.41, 5.74) is 2.38. The molecular weight excluding hydrogens is 454 g/mol. The Bertz CT molecular complexity index is 1420. The van der Waals surface area contributed by atoms with Crippen molar-refractivity contribution in [1.82, 2.24) is 0 Å². The van der Waals surface area contributed by atoms with E-state index in [1.54, 1.807) is 21.1 Å². The Labute approximate surface area is 209 Å². The van der Waals surface area contributed by atoms with E-state index in [0.29, 0.717) is 22.9 Å². The Hall–Kier alpha value is -4.65. The average molecular weight is 480 g/mol. The molecule has 0 spiro atoms. The molecule has 0 aromatic heterocycles. The van der Waals surface area contributed by atoms with Gasteiger partial charge in [-0.25, -0.2) is 0 Å². The van der Waals surface area contributed by atoms with Crippen molar-refractivity contribution >= 4 is 28.7 Å². The summed E-state index contributed by atoms with van der Waals surface area (Å²) in [6, 6.07) is 24.0. The normalized spacial score (nSPS) is 18.9. The van der Waals surface area contributed by atoms with E-state index in [1.165, 1.54) is 6.08 Å². The Morgan fingerprint density at radius 1 is 0.750 bits per heavy atom. The Balaban J connectivity index is 1.60. The molecule has 0 saturated heterocycles. The van der Waals surface area contributed by atoms with Crippen molar-refractivity contribution in [3.05, 3.63) is 107 Å². The first kappa shape index (κ1) is 23.1. The lowest BCUT2D eigenvalue weighted by atomic mass is 9.84. The third-order valence-electron chi connectivity index (χ3n) is 6.33. The molecule has 7 heteroatoms. The minimum atomic E-state index is -1.20. The summed E-state index contributed by atoms with van der Waals surface area (Å²) in [5, 5.41) is 6.64. The molecule has 1 heterocycles. The van der Waals surface area contributed by atoms with Crippen LogP contribution in [0.5, 0.6) is 11.5 Å². The largest absolute Gasteiger partial charge is 0.497 e. The van der Waals surface area contributed by atoms with Crippen molar-refractivity contribution in [2.75, 3.05) is 24.9 Å². The first-order chi connectivity index (χ1) is 17.4. The number of hydrogen-bond donors (Lipinski definition) is 2. The SMILES string of the molecule is COc1ccc(NC2=CC(=O)C3=NC(C)(c4ccccc4)C(=O)C3=C2Nc2ccc(OC)cc2)cc1. The van der Waals surface area contributed by atoms with Crippen molar-refractivity contribution < 1.29 is 19.1 Å². The van der Waals surface area contributed by atoms with Gasteiger partial charge < -0.3 is 20.1 Å². The number of nitrogens with one attached hydrogen (secondary N) is 2. The minimum absolute atomic E-state index is 0.155. The maximum atomic E-state index is 13.9. The van der Waals surface area contributed by atoms with E-state index in [-0.39, 0.29) is 22.9 Å². The molecule has 0 bridgehead atoms. The topological polar surface area (TPSA) is 89.0 Å². The molecule has 2 aliphatic rings. The Morgan fingerprint density at radius 2 is 1.31 bits per heavy atom. The average Bonchev–Trinajstić information content (AvgIpc) is 3.19. The molecule has 180 valence electrons. The highest BCUT2D eigenvalue weighted by atomic mass is 16.5. The number of fused-ring (bicyclic) bond motifs is 1. The third kappa shape index (κ3) is 4.05. The smallest absolute Gasteiger partial charge is 0.206 e. The number of ketones is 2. The van der Waals surface area contributed by atoms with Gasteiger partial charge in [0.15, 0.2) is 5.78 Å². The van der Waals surface area contributed by atoms with Gasteiger partial charge in [-0.1, -0.05) is 30.3 Å². The van der Waals surface area contributed by atoms with Gasteiger partial charge in [0, 0.05) is 17.5 Å². The van der Waals surface area contributed by atoms with Gasteiger partial charge in [0.2, 0.25) is 5.78 Å². The fourth-order valence-electron chi connectivity index (χ4n) is 4.33. The summed E-state index contributed by atoms with van der Waals surface area (Å²) in [5.74, 6) is 0.854. The number of nitrogens with zero attached hydrogens (tertiary/aromatic N) is 1. The first-order valence-electron chi connectivity index (χ1n) is 11.5. The minimum Gasteiger partial charge on any atom is -0.497 e. The summed E-state index contributed by atoms with van der Waals surface area (Å²) in [6.45, 7) is 1.75. The number of Topliss-reactive ketones (excluding diaryl/α,β-unsaturated/α-hetero) is 1. The maximum absolute atomic E-state index is 13.9. The number of carbonyl (C=O) groups is 2. The molecule has 1 aliphatic heterocycles. The number of aliphatic imine (C=N–C) groups is 1. The van der Waals surface area contributed by atoms with E-state index in [1.807, 2.05) is 78.9 Å². The van der Waals surface area contributed by atoms with Crippen LogP contribution in [0.2, 0.25) is 0 Å². The zero-order chi connectivity index (χ0) is 25.3. The van der Waals surface area contributed by atoms with E-state index in [9.17, 15) is 9.59 Å². The van der Waals surface area contributed by atoms with Crippen molar-refractivity contribution in [3.63, 3.8) is 0 Å². The maximum Gasteiger partial charge on any atom is 0.206 e. The molecule has 3 aromatic carbocycles. The van der Waals surface area contributed by atoms with Crippen LogP contribution in [-0.2, 0) is 15.1 Å². The number of hydrogen-bond acceptors (Lipinski definition) is 7. The second-order valence-corrected chi connectivity index (χ2v) is 8.61. The molecular formula is C29H25N3O4. The lowest BCUT2D eigenvalue weighted by molar-refractivity contribution is -0.119. The number of anilines is 2. The number of ether oxygens (including phenoxy) is 2. The van der Waals surface area contributed by atoms with Crippen LogP contribution < -0.4 is 20.1 Å². The lowest BCUT2D eigenvalue weighted by Crippen LogP contribution is -2.31. The summed E-state index contributed by atoms with van der Waals surface area (Å²) in [6.07, 6.45) is 1.47. The molecule has 5 rings (SSSR count). The van der Waals surface area contributed by atoms with E-state index in [0.717, 1.165) is 16.9 Å². The molecule has 0 fully saturated rings. The molecule has 1 aliphatic carbocycles. The van der Waals surface area contributed by atoms with Gasteiger partial charge >= 0.3 is 0 Å². The standard InChI is InChI=1S/C29H25N3O4/c1-29(18-7-5-4-6-8-18)28(34)25-26(31-20-11-15-22(36-3)16-12-20)23(17-24(33)27(25)32-29)30-19-9-13-21(35-2)14-10-19/h4-17,30-31H,1-3H3. The van der Waals surface area contributed by atoms with Gasteiger partial charge in [-0.3, -0.25) is 14.6 Å². The molecule has 1 atom stereocenters. The van der Waals surface area contributed by atoms with Crippen LogP contribution in [0.4, 0.5) is 11.4 Å². The van der Waals surface area contributed by atoms with Crippen LogP contribution in [0.1, 0.15) is 12.5 Å². The Kier molecular flexibility index (Phi) is 5.90. The van der Waals surface area contributed by atoms with Gasteiger partial charge in [-0.05, 0) is 61.0 Å². The molecule has 2 N–H and O–H groups in total. The number of rotatable bonds is 7. The lowest BCUT2D eigenvalue weighted by Gasteiger charge is -2.23. The quantitative estimate of drug-likeness (QED) is 0.469. The van der Waals surface area contributed by atoms with E-state index in [4.69, 9.17) is 9.47 Å². The van der Waals surface area contributed by atoms with Crippen LogP contribution in [0.25, 0.3) is 0 Å². The van der Waals surface area contributed by atoms with Crippen LogP contribution in [-0.4, -0.2) is 31.5 Å². The van der Waals surface area contributed by atoms with Crippen LogP contribution in [0.15, 0.2) is 107 Å². The number of methoxy groups -OCH3 is 2. The zero-order valence-corrected chi connectivity index (χ0v) is 20.2. The van der Waals surface area contributed by atoms with Crippen molar-refractivity contribution in [3.8, 4) is 11.5 Å². The van der Waals surface area contributed by atoms with Crippen molar-refractivity contribution in [2.24, 2.45) is 4.99 Å². The summed E-state index contributed by atoms with van der Waals surface area (Å²) in [7, 11) is 3.20. The first-order valence-corrected chi connectivity index (χ1v) is 11.5. The van der Waals surface area contributed by atoms with E-state index >= 15 is 0 Å². The summed E-state index contributed by atoms with van der Waals surface area (Å²) < 4.78 is 10.5. The van der Waals surface area contributed by atoms with Crippen molar-refractivity contribution in [2.45, 2.75) is 12.5 Å². The second-order valence-electron chi connectivity index (χ2n) is 8.61. The number of carbonyl (C=O) groups excluding carboxylic acids is 2. The van der Waals surface area contributed by atoms with Crippen LogP contribution in [0.3, 0.4) is 0 Å². The highest BCUT2D eigenvalue weighted by Gasteiger charge is 2.48. The highest BCUT2D eigenvalue weighted by molar-refractivity contribution is 6.59. The van der Waals surface area contributed by atoms with Crippen LogP contribution >= 0.6 is 0 Å². The zero-order valence-electron chi connectivity index (χ0n) is 20.2. The predicted octanol–water partition coefficient (Wildman–Crippen LogP) is 4.89. The molecule has 3 aromatic rings. The summed E-state index contributed by atoms with van der Waals surface area (Å²) in [4.78, 5) is 31.8. The van der Waals surface area contributed by atoms with Gasteiger partial charge in [0.1, 0.15) is 22.7 Å². The fourth-order valence-corrected chi connectivity index (χ4v) is 4.33. The van der Waals surface area contributed by atoms with Gasteiger partial charge in [-0.2, -0.15) is 0 Å². The molecule has 36 heavy (non-hydrogen) atoms. The molecule has 0 saturated carbocycles. The monoisotopic (exact) mass is 479 g/mol. The fraction of sp³-hybridized carbons (Fsp3) is 0.138. The van der Waals surface area contributed by atoms with Gasteiger partial charge in [0.25, 0.3) is 0 Å².